The van der Waals surface area contributed by atoms with Gasteiger partial charge in [-0.3, -0.25) is 4.79 Å². The van der Waals surface area contributed by atoms with Crippen molar-refractivity contribution in [2.45, 2.75) is 27.4 Å². The first kappa shape index (κ1) is 13.7. The first-order valence-electron chi connectivity index (χ1n) is 6.00. The second-order valence-electron chi connectivity index (χ2n) is 4.12. The van der Waals surface area contributed by atoms with Gasteiger partial charge < -0.3 is 9.47 Å². The number of carbonyl (C=O) groups is 1. The molecule has 0 N–H and O–H groups in total. The standard InChI is InChI=1S/C12H14O3.C2H6/c1-12(8-14-9-12)11(13)15-7-10-5-3-2-4-6-10;1-2/h2-6H,7-9H2,1H3;1-2H3. The number of hydrogen-bond donors (Lipinski definition) is 0. The molecular weight excluding hydrogens is 216 g/mol. The molecule has 0 saturated carbocycles. The van der Waals surface area contributed by atoms with Crippen LogP contribution in [0.5, 0.6) is 0 Å². The highest BCUT2D eigenvalue weighted by molar-refractivity contribution is 5.77. The second-order valence-corrected chi connectivity index (χ2v) is 4.12. The van der Waals surface area contributed by atoms with Crippen LogP contribution in [0.2, 0.25) is 0 Å². The highest BCUT2D eigenvalue weighted by atomic mass is 16.6. The number of hydrogen-bond acceptors (Lipinski definition) is 3. The van der Waals surface area contributed by atoms with E-state index in [0.29, 0.717) is 19.8 Å². The topological polar surface area (TPSA) is 35.5 Å². The molecule has 1 aromatic rings. The minimum Gasteiger partial charge on any atom is -0.460 e. The molecule has 0 bridgehead atoms. The lowest BCUT2D eigenvalue weighted by Crippen LogP contribution is -2.47. The lowest BCUT2D eigenvalue weighted by molar-refractivity contribution is -0.183. The van der Waals surface area contributed by atoms with Crippen LogP contribution in [0.25, 0.3) is 0 Å². The summed E-state index contributed by atoms with van der Waals surface area (Å²) in [7, 11) is 0. The van der Waals surface area contributed by atoms with E-state index in [1.54, 1.807) is 0 Å². The number of rotatable bonds is 3. The van der Waals surface area contributed by atoms with Crippen molar-refractivity contribution in [3.8, 4) is 0 Å². The number of ether oxygens (including phenoxy) is 2. The average molecular weight is 236 g/mol. The quantitative estimate of drug-likeness (QED) is 0.757. The van der Waals surface area contributed by atoms with E-state index < -0.39 is 5.41 Å². The van der Waals surface area contributed by atoms with Gasteiger partial charge >= 0.3 is 5.97 Å². The van der Waals surface area contributed by atoms with Crippen LogP contribution < -0.4 is 0 Å². The third-order valence-electron chi connectivity index (χ3n) is 2.55. The second kappa shape index (κ2) is 6.40. The van der Waals surface area contributed by atoms with E-state index >= 15 is 0 Å². The predicted molar refractivity (Wildman–Crippen MR) is 66.5 cm³/mol. The van der Waals surface area contributed by atoms with Gasteiger partial charge in [0.05, 0.1) is 13.2 Å². The van der Waals surface area contributed by atoms with Crippen LogP contribution in [-0.2, 0) is 20.9 Å². The highest BCUT2D eigenvalue weighted by Crippen LogP contribution is 2.28. The molecule has 1 aliphatic heterocycles. The summed E-state index contributed by atoms with van der Waals surface area (Å²) in [4.78, 5) is 11.6. The Morgan fingerprint density at radius 3 is 2.35 bits per heavy atom. The van der Waals surface area contributed by atoms with Crippen molar-refractivity contribution in [1.82, 2.24) is 0 Å². The van der Waals surface area contributed by atoms with Crippen LogP contribution in [-0.4, -0.2) is 19.2 Å². The Kier molecular flexibility index (Phi) is 5.16. The summed E-state index contributed by atoms with van der Waals surface area (Å²) in [6, 6.07) is 9.67. The van der Waals surface area contributed by atoms with Crippen molar-refractivity contribution in [3.63, 3.8) is 0 Å². The molecule has 0 amide bonds. The monoisotopic (exact) mass is 236 g/mol. The molecule has 0 aromatic heterocycles. The first-order chi connectivity index (χ1) is 8.21. The van der Waals surface area contributed by atoms with Gasteiger partial charge in [-0.1, -0.05) is 44.2 Å². The van der Waals surface area contributed by atoms with E-state index in [0.717, 1.165) is 5.56 Å². The third kappa shape index (κ3) is 3.56. The van der Waals surface area contributed by atoms with E-state index in [9.17, 15) is 4.79 Å². The summed E-state index contributed by atoms with van der Waals surface area (Å²) >= 11 is 0. The van der Waals surface area contributed by atoms with Crippen molar-refractivity contribution in [1.29, 1.82) is 0 Å². The first-order valence-corrected chi connectivity index (χ1v) is 6.00. The molecule has 0 unspecified atom stereocenters. The Labute approximate surface area is 103 Å². The SMILES string of the molecule is CC.CC1(C(=O)OCc2ccccc2)COC1. The molecule has 1 aromatic carbocycles. The molecule has 3 heteroatoms. The number of esters is 1. The van der Waals surface area contributed by atoms with Gasteiger partial charge in [-0.15, -0.1) is 0 Å². The van der Waals surface area contributed by atoms with Crippen molar-refractivity contribution in [3.05, 3.63) is 35.9 Å². The molecule has 1 aliphatic rings. The normalized spacial score (nSPS) is 16.2. The molecule has 1 heterocycles. The molecule has 1 saturated heterocycles. The Morgan fingerprint density at radius 2 is 1.88 bits per heavy atom. The zero-order valence-corrected chi connectivity index (χ0v) is 10.7. The predicted octanol–water partition coefficient (Wildman–Crippen LogP) is 2.79. The van der Waals surface area contributed by atoms with Crippen molar-refractivity contribution < 1.29 is 14.3 Å². The van der Waals surface area contributed by atoms with E-state index in [2.05, 4.69) is 0 Å². The van der Waals surface area contributed by atoms with Crippen LogP contribution in [0, 0.1) is 5.41 Å². The minimum absolute atomic E-state index is 0.169. The van der Waals surface area contributed by atoms with Crippen LogP contribution in [0.1, 0.15) is 26.3 Å². The Bertz CT molecular complexity index is 342. The molecule has 0 spiro atoms. The molecule has 94 valence electrons. The Morgan fingerprint density at radius 1 is 1.29 bits per heavy atom. The van der Waals surface area contributed by atoms with Gasteiger partial charge in [0, 0.05) is 0 Å². The molecule has 1 fully saturated rings. The Hall–Kier alpha value is -1.35. The third-order valence-corrected chi connectivity index (χ3v) is 2.55. The molecule has 3 nitrogen and oxygen atoms in total. The number of carbonyl (C=O) groups excluding carboxylic acids is 1. The fourth-order valence-electron chi connectivity index (χ4n) is 1.42. The largest absolute Gasteiger partial charge is 0.460 e. The summed E-state index contributed by atoms with van der Waals surface area (Å²) in [6.45, 7) is 7.15. The van der Waals surface area contributed by atoms with Crippen molar-refractivity contribution in [2.75, 3.05) is 13.2 Å². The van der Waals surface area contributed by atoms with E-state index in [1.165, 1.54) is 0 Å². The van der Waals surface area contributed by atoms with Crippen LogP contribution >= 0.6 is 0 Å². The van der Waals surface area contributed by atoms with Gasteiger partial charge in [-0.05, 0) is 12.5 Å². The zero-order valence-electron chi connectivity index (χ0n) is 10.7. The number of benzene rings is 1. The molecule has 17 heavy (non-hydrogen) atoms. The summed E-state index contributed by atoms with van der Waals surface area (Å²) in [5.74, 6) is -0.169. The van der Waals surface area contributed by atoms with Gasteiger partial charge in [-0.25, -0.2) is 0 Å². The molecule has 0 atom stereocenters. The maximum absolute atomic E-state index is 11.6. The van der Waals surface area contributed by atoms with Crippen LogP contribution in [0.15, 0.2) is 30.3 Å². The van der Waals surface area contributed by atoms with Crippen molar-refractivity contribution >= 4 is 5.97 Å². The molecule has 2 rings (SSSR count). The zero-order chi connectivity index (χ0) is 12.7. The summed E-state index contributed by atoms with van der Waals surface area (Å²) < 4.78 is 10.2. The van der Waals surface area contributed by atoms with Crippen LogP contribution in [0.4, 0.5) is 0 Å². The fourth-order valence-corrected chi connectivity index (χ4v) is 1.42. The maximum Gasteiger partial charge on any atom is 0.316 e. The summed E-state index contributed by atoms with van der Waals surface area (Å²) in [6.07, 6.45) is 0. The van der Waals surface area contributed by atoms with Gasteiger partial charge in [-0.2, -0.15) is 0 Å². The van der Waals surface area contributed by atoms with Crippen molar-refractivity contribution in [2.24, 2.45) is 5.41 Å². The molecule has 0 radical (unpaired) electrons. The molecular formula is C14H20O3. The Balaban J connectivity index is 0.000000686. The van der Waals surface area contributed by atoms with Gasteiger partial charge in [0.25, 0.3) is 0 Å². The average Bonchev–Trinajstić information content (AvgIpc) is 2.36. The fraction of sp³-hybridized carbons (Fsp3) is 0.500. The highest BCUT2D eigenvalue weighted by Gasteiger charge is 2.42. The maximum atomic E-state index is 11.6. The summed E-state index contributed by atoms with van der Waals surface area (Å²) in [5, 5.41) is 0. The lowest BCUT2D eigenvalue weighted by atomic mass is 9.89. The van der Waals surface area contributed by atoms with Gasteiger partial charge in [0.2, 0.25) is 0 Å². The van der Waals surface area contributed by atoms with E-state index in [1.807, 2.05) is 51.1 Å². The van der Waals surface area contributed by atoms with Gasteiger partial charge in [0.15, 0.2) is 0 Å². The van der Waals surface area contributed by atoms with E-state index in [4.69, 9.17) is 9.47 Å². The van der Waals surface area contributed by atoms with Crippen LogP contribution in [0.3, 0.4) is 0 Å². The molecule has 0 aliphatic carbocycles. The van der Waals surface area contributed by atoms with E-state index in [-0.39, 0.29) is 5.97 Å². The lowest BCUT2D eigenvalue weighted by Gasteiger charge is -2.35. The van der Waals surface area contributed by atoms with Gasteiger partial charge in [0.1, 0.15) is 12.0 Å². The summed E-state index contributed by atoms with van der Waals surface area (Å²) in [5.41, 5.74) is 0.587. The smallest absolute Gasteiger partial charge is 0.316 e. The minimum atomic E-state index is -0.422.